The van der Waals surface area contributed by atoms with Gasteiger partial charge in [-0.2, -0.15) is 4.98 Å². The Morgan fingerprint density at radius 2 is 1.97 bits per heavy atom. The lowest BCUT2D eigenvalue weighted by Crippen LogP contribution is -2.54. The third kappa shape index (κ3) is 5.65. The minimum atomic E-state index is -0.570. The van der Waals surface area contributed by atoms with E-state index in [9.17, 15) is 9.59 Å². The molecule has 1 aromatic carbocycles. The highest BCUT2D eigenvalue weighted by Gasteiger charge is 2.29. The Balaban J connectivity index is 1.26. The Kier molecular flexibility index (Phi) is 6.83. The predicted molar refractivity (Wildman–Crippen MR) is 136 cm³/mol. The second-order valence-corrected chi connectivity index (χ2v) is 8.97. The molecule has 10 heteroatoms. The smallest absolute Gasteiger partial charge is 0.254 e. The number of fused-ring (bicyclic) bond motifs is 1. The summed E-state index contributed by atoms with van der Waals surface area (Å²) in [4.78, 5) is 37.4. The molecule has 1 saturated carbocycles. The summed E-state index contributed by atoms with van der Waals surface area (Å²) in [5.41, 5.74) is 7.15. The van der Waals surface area contributed by atoms with Gasteiger partial charge in [0.1, 0.15) is 12.4 Å². The largest absolute Gasteiger partial charge is 0.499 e. The van der Waals surface area contributed by atoms with E-state index in [-0.39, 0.29) is 17.5 Å². The van der Waals surface area contributed by atoms with Crippen LogP contribution in [-0.2, 0) is 4.74 Å². The average molecular weight is 488 g/mol. The molecule has 2 aromatic rings. The van der Waals surface area contributed by atoms with E-state index in [1.165, 1.54) is 6.20 Å². The second-order valence-electron chi connectivity index (χ2n) is 8.97. The van der Waals surface area contributed by atoms with E-state index in [0.29, 0.717) is 55.3 Å². The van der Waals surface area contributed by atoms with E-state index in [4.69, 9.17) is 10.5 Å². The van der Waals surface area contributed by atoms with Crippen molar-refractivity contribution in [1.29, 1.82) is 0 Å². The van der Waals surface area contributed by atoms with Crippen molar-refractivity contribution in [3.05, 3.63) is 84.0 Å². The quantitative estimate of drug-likeness (QED) is 0.567. The van der Waals surface area contributed by atoms with Crippen LogP contribution in [-0.4, -0.2) is 69.9 Å². The number of anilines is 2. The summed E-state index contributed by atoms with van der Waals surface area (Å²) in [6, 6.07) is 9.70. The SMILES string of the molecule is NC(=O)c1cnc(NC2=C/C=C/N3CCN(C(=O)c4ccccc4)CC3CO\C=C\2)nc1NC1CC1. The lowest BCUT2D eigenvalue weighted by Gasteiger charge is -2.40. The van der Waals surface area contributed by atoms with Crippen LogP contribution in [0.3, 0.4) is 0 Å². The van der Waals surface area contributed by atoms with Gasteiger partial charge in [0.25, 0.3) is 11.8 Å². The van der Waals surface area contributed by atoms with Gasteiger partial charge in [0, 0.05) is 43.1 Å². The van der Waals surface area contributed by atoms with Gasteiger partial charge in [-0.3, -0.25) is 9.59 Å². The van der Waals surface area contributed by atoms with Crippen molar-refractivity contribution in [3.63, 3.8) is 0 Å². The minimum absolute atomic E-state index is 0.0379. The molecule has 0 bridgehead atoms. The standard InChI is InChI=1S/C26H29N7O3/c27-23(34)22-15-28-26(31-24(22)29-20-8-9-20)30-19-7-4-11-32-12-13-33(16-21(32)17-36-14-10-19)25(35)18-5-2-1-3-6-18/h1-7,10-11,14-15,20-21H,8-9,12-13,16-17H2,(H2,27,34)(H2,28,29,30,31)/b11-4+,14-10+,19-7+. The molecule has 1 unspecified atom stereocenters. The van der Waals surface area contributed by atoms with Crippen LogP contribution in [0.25, 0.3) is 0 Å². The van der Waals surface area contributed by atoms with E-state index < -0.39 is 5.91 Å². The number of piperazine rings is 1. The van der Waals surface area contributed by atoms with Crippen LogP contribution in [0.4, 0.5) is 11.8 Å². The van der Waals surface area contributed by atoms with E-state index in [1.807, 2.05) is 53.6 Å². The van der Waals surface area contributed by atoms with Gasteiger partial charge in [-0.1, -0.05) is 18.2 Å². The lowest BCUT2D eigenvalue weighted by molar-refractivity contribution is 0.0455. The van der Waals surface area contributed by atoms with Crippen LogP contribution in [0, 0.1) is 0 Å². The normalized spacial score (nSPS) is 22.8. The second kappa shape index (κ2) is 10.5. The van der Waals surface area contributed by atoms with Crippen molar-refractivity contribution in [2.75, 3.05) is 36.9 Å². The molecule has 1 aliphatic carbocycles. The fourth-order valence-electron chi connectivity index (χ4n) is 4.13. The Hall–Kier alpha value is -4.34. The lowest BCUT2D eigenvalue weighted by atomic mass is 10.1. The van der Waals surface area contributed by atoms with Crippen LogP contribution in [0.2, 0.25) is 0 Å². The van der Waals surface area contributed by atoms with Gasteiger partial charge >= 0.3 is 0 Å². The zero-order valence-electron chi connectivity index (χ0n) is 19.8. The third-order valence-corrected chi connectivity index (χ3v) is 6.25. The number of nitrogens with one attached hydrogen (secondary N) is 2. The van der Waals surface area contributed by atoms with Gasteiger partial charge in [0.15, 0.2) is 0 Å². The maximum Gasteiger partial charge on any atom is 0.254 e. The van der Waals surface area contributed by atoms with Crippen molar-refractivity contribution in [1.82, 2.24) is 19.8 Å². The molecular formula is C26H29N7O3. The first-order chi connectivity index (χ1) is 17.6. The highest BCUT2D eigenvalue weighted by atomic mass is 16.5. The number of hydrogen-bond acceptors (Lipinski definition) is 8. The van der Waals surface area contributed by atoms with Crippen LogP contribution >= 0.6 is 0 Å². The molecular weight excluding hydrogens is 458 g/mol. The Labute approximate surface area is 209 Å². The van der Waals surface area contributed by atoms with Crippen LogP contribution in [0.1, 0.15) is 33.6 Å². The number of hydrogen-bond donors (Lipinski definition) is 3. The number of benzene rings is 1. The molecule has 2 fully saturated rings. The van der Waals surface area contributed by atoms with Crippen molar-refractivity contribution >= 4 is 23.6 Å². The van der Waals surface area contributed by atoms with Crippen LogP contribution in [0.15, 0.2) is 72.9 Å². The minimum Gasteiger partial charge on any atom is -0.499 e. The predicted octanol–water partition coefficient (Wildman–Crippen LogP) is 2.33. The molecule has 1 aromatic heterocycles. The molecule has 36 heavy (non-hydrogen) atoms. The summed E-state index contributed by atoms with van der Waals surface area (Å²) >= 11 is 0. The summed E-state index contributed by atoms with van der Waals surface area (Å²) < 4.78 is 5.83. The Morgan fingerprint density at radius 3 is 2.75 bits per heavy atom. The summed E-state index contributed by atoms with van der Waals surface area (Å²) in [7, 11) is 0. The molecule has 10 nitrogen and oxygen atoms in total. The number of aromatic nitrogens is 2. The number of carbonyl (C=O) groups excluding carboxylic acids is 2. The first-order valence-corrected chi connectivity index (χ1v) is 12.0. The van der Waals surface area contributed by atoms with Gasteiger partial charge in [-0.25, -0.2) is 4.98 Å². The first-order valence-electron chi connectivity index (χ1n) is 12.0. The molecule has 2 aliphatic heterocycles. The monoisotopic (exact) mass is 487 g/mol. The van der Waals surface area contributed by atoms with Gasteiger partial charge < -0.3 is 30.9 Å². The van der Waals surface area contributed by atoms with Gasteiger partial charge in [-0.15, -0.1) is 0 Å². The molecule has 5 rings (SSSR count). The molecule has 1 atom stereocenters. The molecule has 1 saturated heterocycles. The van der Waals surface area contributed by atoms with Crippen molar-refractivity contribution < 1.29 is 14.3 Å². The first kappa shape index (κ1) is 23.4. The zero-order valence-corrected chi connectivity index (χ0v) is 19.8. The number of carbonyl (C=O) groups is 2. The number of allylic oxidation sites excluding steroid dienone is 3. The third-order valence-electron chi connectivity index (χ3n) is 6.25. The number of nitrogens with two attached hydrogens (primary N) is 1. The fourth-order valence-corrected chi connectivity index (χ4v) is 4.13. The molecule has 3 aliphatic rings. The maximum atomic E-state index is 12.9. The number of amides is 2. The summed E-state index contributed by atoms with van der Waals surface area (Å²) in [5.74, 6) is 0.245. The zero-order chi connectivity index (χ0) is 24.9. The Morgan fingerprint density at radius 1 is 1.14 bits per heavy atom. The van der Waals surface area contributed by atoms with Crippen LogP contribution in [0.5, 0.6) is 0 Å². The molecule has 0 radical (unpaired) electrons. The Bertz CT molecular complexity index is 1210. The summed E-state index contributed by atoms with van der Waals surface area (Å²) in [5, 5.41) is 6.40. The topological polar surface area (TPSA) is 126 Å². The molecule has 4 N–H and O–H groups in total. The number of nitrogens with zero attached hydrogens (tertiary/aromatic N) is 4. The average Bonchev–Trinajstić information content (AvgIpc) is 3.71. The summed E-state index contributed by atoms with van der Waals surface area (Å²) in [6.07, 6.45) is 12.8. The fraction of sp³-hybridized carbons (Fsp3) is 0.308. The van der Waals surface area contributed by atoms with E-state index >= 15 is 0 Å². The number of primary amides is 1. The van der Waals surface area contributed by atoms with Crippen LogP contribution < -0.4 is 16.4 Å². The summed E-state index contributed by atoms with van der Waals surface area (Å²) in [6.45, 7) is 2.36. The van der Waals surface area contributed by atoms with E-state index in [0.717, 1.165) is 12.8 Å². The molecule has 0 spiro atoms. The van der Waals surface area contributed by atoms with Crippen molar-refractivity contribution in [2.45, 2.75) is 24.9 Å². The van der Waals surface area contributed by atoms with Gasteiger partial charge in [0.05, 0.1) is 17.9 Å². The number of rotatable bonds is 6. The number of ether oxygens (including phenoxy) is 1. The van der Waals surface area contributed by atoms with Crippen molar-refractivity contribution in [3.8, 4) is 0 Å². The maximum absolute atomic E-state index is 12.9. The van der Waals surface area contributed by atoms with Gasteiger partial charge in [0.2, 0.25) is 5.95 Å². The van der Waals surface area contributed by atoms with Gasteiger partial charge in [-0.05, 0) is 49.4 Å². The molecule has 2 amide bonds. The van der Waals surface area contributed by atoms with E-state index in [2.05, 4.69) is 25.5 Å². The highest BCUT2D eigenvalue weighted by Crippen LogP contribution is 2.26. The molecule has 186 valence electrons. The van der Waals surface area contributed by atoms with E-state index in [1.54, 1.807) is 12.3 Å². The molecule has 3 heterocycles. The highest BCUT2D eigenvalue weighted by molar-refractivity contribution is 5.97. The van der Waals surface area contributed by atoms with Crippen molar-refractivity contribution in [2.24, 2.45) is 5.73 Å².